The Morgan fingerprint density at radius 3 is 2.39 bits per heavy atom. The summed E-state index contributed by atoms with van der Waals surface area (Å²) in [5, 5.41) is 31.1. The standard InChI is InChI=1S/C29H32N10O14S3/c1-36-22(43)20(41)34-35-27(36)55-11-13-10-54-23-17(21(42)39(23)18(13)25(46)47)32-19(40)16(33-26(48)37-7-8-38(29(37)50)56(2,51)52)12-3-5-14(6-4-12)31-28(49)53-9-15(30)24(44)45/h3-6,15-17,23H,7-11,30H2,1-2H3,(H,31,49)(H,32,40)(H,33,48)(H,34,41)(H,44,45)(H,46,47)/t15-,16-,17-,23+/m1/s1. The molecule has 2 saturated heterocycles. The van der Waals surface area contributed by atoms with E-state index in [1.165, 1.54) is 31.3 Å². The van der Waals surface area contributed by atoms with E-state index >= 15 is 0 Å². The van der Waals surface area contributed by atoms with E-state index in [2.05, 4.69) is 26.1 Å². The van der Waals surface area contributed by atoms with Crippen LogP contribution in [0, 0.1) is 0 Å². The molecule has 0 spiro atoms. The Labute approximate surface area is 322 Å². The molecule has 3 aliphatic rings. The first kappa shape index (κ1) is 41.2. The van der Waals surface area contributed by atoms with E-state index in [0.29, 0.717) is 9.21 Å². The summed E-state index contributed by atoms with van der Waals surface area (Å²) in [4.78, 5) is 114. The van der Waals surface area contributed by atoms with Gasteiger partial charge in [0.15, 0.2) is 5.16 Å². The number of fused-ring (bicyclic) bond motifs is 1. The van der Waals surface area contributed by atoms with Crippen LogP contribution in [0.15, 0.2) is 50.3 Å². The number of rotatable bonds is 13. The number of nitrogens with two attached hydrogens (primary N) is 1. The third-order valence-electron chi connectivity index (χ3n) is 8.31. The van der Waals surface area contributed by atoms with Crippen LogP contribution < -0.4 is 32.8 Å². The highest BCUT2D eigenvalue weighted by Gasteiger charge is 2.54. The molecule has 0 radical (unpaired) electrons. The molecule has 0 aliphatic carbocycles. The molecule has 8 N–H and O–H groups in total. The van der Waals surface area contributed by atoms with Gasteiger partial charge >= 0.3 is 41.2 Å². The minimum absolute atomic E-state index is 0.0347. The number of amides is 7. The van der Waals surface area contributed by atoms with Gasteiger partial charge in [-0.1, -0.05) is 23.9 Å². The number of carbonyl (C=O) groups is 7. The number of sulfonamides is 1. The second kappa shape index (κ2) is 16.4. The molecular weight excluding hydrogens is 809 g/mol. The quantitative estimate of drug-likeness (QED) is 0.0618. The van der Waals surface area contributed by atoms with Crippen LogP contribution in [0.25, 0.3) is 0 Å². The van der Waals surface area contributed by atoms with Gasteiger partial charge in [-0.15, -0.1) is 16.9 Å². The number of carbonyl (C=O) groups excluding carboxylic acids is 5. The molecule has 2 aromatic rings. The molecule has 300 valence electrons. The number of imide groups is 1. The van der Waals surface area contributed by atoms with Crippen molar-refractivity contribution in [2.45, 2.75) is 28.7 Å². The van der Waals surface area contributed by atoms with Crippen LogP contribution in [-0.4, -0.2) is 144 Å². The van der Waals surface area contributed by atoms with Crippen LogP contribution in [0.1, 0.15) is 11.6 Å². The Balaban J connectivity index is 1.33. The van der Waals surface area contributed by atoms with Crippen molar-refractivity contribution in [1.82, 2.24) is 39.5 Å². The number of carboxylic acid groups (broad SMARTS) is 2. The highest BCUT2D eigenvalue weighted by Crippen LogP contribution is 2.41. The van der Waals surface area contributed by atoms with Gasteiger partial charge in [0.1, 0.15) is 35.8 Å². The highest BCUT2D eigenvalue weighted by molar-refractivity contribution is 8.01. The van der Waals surface area contributed by atoms with E-state index in [4.69, 9.17) is 15.6 Å². The summed E-state index contributed by atoms with van der Waals surface area (Å²) in [6.07, 6.45) is -0.288. The average molecular weight is 841 g/mol. The van der Waals surface area contributed by atoms with E-state index < -0.39 is 93.2 Å². The van der Waals surface area contributed by atoms with Crippen LogP contribution in [0.5, 0.6) is 0 Å². The van der Waals surface area contributed by atoms with Gasteiger partial charge in [0.2, 0.25) is 15.9 Å². The lowest BCUT2D eigenvalue weighted by Crippen LogP contribution is -2.71. The number of aliphatic carboxylic acids is 2. The van der Waals surface area contributed by atoms with Gasteiger partial charge in [-0.05, 0) is 23.3 Å². The summed E-state index contributed by atoms with van der Waals surface area (Å²) in [5.41, 5.74) is 3.56. The summed E-state index contributed by atoms with van der Waals surface area (Å²) in [6, 6.07) is -1.63. The lowest BCUT2D eigenvalue weighted by molar-refractivity contribution is -0.151. The number of hydrogen-bond acceptors (Lipinski definition) is 16. The number of aromatic nitrogens is 3. The molecule has 1 aromatic heterocycles. The van der Waals surface area contributed by atoms with E-state index in [9.17, 15) is 56.7 Å². The van der Waals surface area contributed by atoms with Crippen LogP contribution in [0.3, 0.4) is 0 Å². The number of nitrogens with one attached hydrogen (secondary N) is 4. The fraction of sp³-hybridized carbons (Fsp3) is 0.379. The monoisotopic (exact) mass is 840 g/mol. The Hall–Kier alpha value is -5.93. The number of nitrogens with zero attached hydrogens (tertiary/aromatic N) is 5. The molecule has 27 heteroatoms. The van der Waals surface area contributed by atoms with E-state index in [1.807, 2.05) is 0 Å². The number of aromatic amines is 1. The number of H-pyrrole nitrogens is 1. The topological polar surface area (TPSA) is 343 Å². The van der Waals surface area contributed by atoms with Gasteiger partial charge in [-0.2, -0.15) is 0 Å². The fourth-order valence-electron chi connectivity index (χ4n) is 5.44. The molecule has 5 rings (SSSR count). The number of urea groups is 2. The Morgan fingerprint density at radius 1 is 1.11 bits per heavy atom. The van der Waals surface area contributed by atoms with Gasteiger partial charge in [-0.3, -0.25) is 38.8 Å². The molecule has 56 heavy (non-hydrogen) atoms. The largest absolute Gasteiger partial charge is 0.480 e. The molecule has 0 saturated carbocycles. The van der Waals surface area contributed by atoms with Crippen molar-refractivity contribution in [3.05, 3.63) is 61.8 Å². The van der Waals surface area contributed by atoms with Gasteiger partial charge in [0.25, 0.3) is 5.91 Å². The number of anilines is 1. The smallest absolute Gasteiger partial charge is 0.411 e. The van der Waals surface area contributed by atoms with Crippen molar-refractivity contribution >= 4 is 81.1 Å². The SMILES string of the molecule is Cn1c(SCC2=C(C(=O)O)N3C(=O)[C@@H](NC(=O)[C@H](NC(=O)N4CCN(S(C)(=O)=O)C4=O)c4ccc(NC(=O)OC[C@@H](N)C(=O)O)cc4)[C@@H]3SC2)n[nH]c(=O)c1=O. The predicted molar refractivity (Wildman–Crippen MR) is 192 cm³/mol. The molecule has 3 aliphatic heterocycles. The van der Waals surface area contributed by atoms with Gasteiger partial charge in [-0.25, -0.2) is 41.9 Å². The number of hydrogen-bond donors (Lipinski definition) is 7. The zero-order valence-electron chi connectivity index (χ0n) is 29.0. The van der Waals surface area contributed by atoms with Gasteiger partial charge < -0.3 is 31.3 Å². The van der Waals surface area contributed by atoms with Crippen molar-refractivity contribution in [3.8, 4) is 0 Å². The summed E-state index contributed by atoms with van der Waals surface area (Å²) < 4.78 is 30.2. The van der Waals surface area contributed by atoms with Crippen molar-refractivity contribution in [3.63, 3.8) is 0 Å². The zero-order valence-corrected chi connectivity index (χ0v) is 31.4. The number of ether oxygens (including phenoxy) is 1. The number of β-lactam (4-membered cyclic amide) rings is 1. The van der Waals surface area contributed by atoms with Crippen molar-refractivity contribution in [2.24, 2.45) is 12.8 Å². The second-order valence-electron chi connectivity index (χ2n) is 12.1. The predicted octanol–water partition coefficient (Wildman–Crippen LogP) is -2.59. The summed E-state index contributed by atoms with van der Waals surface area (Å²) in [6.45, 7) is -1.34. The zero-order chi connectivity index (χ0) is 41.2. The Kier molecular flexibility index (Phi) is 12.1. The third-order valence-corrected chi connectivity index (χ3v) is 11.9. The van der Waals surface area contributed by atoms with E-state index in [1.54, 1.807) is 0 Å². The maximum atomic E-state index is 13.9. The molecule has 0 bridgehead atoms. The van der Waals surface area contributed by atoms with E-state index in [0.717, 1.165) is 39.2 Å². The Morgan fingerprint density at radius 2 is 1.79 bits per heavy atom. The summed E-state index contributed by atoms with van der Waals surface area (Å²) in [5.74, 6) is -4.61. The Bertz CT molecular complexity index is 2260. The maximum absolute atomic E-state index is 13.9. The molecule has 0 unspecified atom stereocenters. The van der Waals surface area contributed by atoms with E-state index in [-0.39, 0.29) is 52.3 Å². The third kappa shape index (κ3) is 8.63. The van der Waals surface area contributed by atoms with Crippen LogP contribution >= 0.6 is 23.5 Å². The molecule has 2 fully saturated rings. The minimum Gasteiger partial charge on any atom is -0.480 e. The van der Waals surface area contributed by atoms with Crippen LogP contribution in [0.4, 0.5) is 20.1 Å². The van der Waals surface area contributed by atoms with Crippen molar-refractivity contribution in [2.75, 3.05) is 42.8 Å². The molecule has 1 aromatic carbocycles. The number of benzene rings is 1. The molecule has 7 amide bonds. The first-order valence-corrected chi connectivity index (χ1v) is 19.8. The van der Waals surface area contributed by atoms with Crippen LogP contribution in [0.2, 0.25) is 0 Å². The van der Waals surface area contributed by atoms with Gasteiger partial charge in [0.05, 0.1) is 19.3 Å². The molecule has 24 nitrogen and oxygen atoms in total. The van der Waals surface area contributed by atoms with Crippen LogP contribution in [-0.2, 0) is 41.0 Å². The average Bonchev–Trinajstić information content (AvgIpc) is 3.55. The minimum atomic E-state index is -4.03. The lowest BCUT2D eigenvalue weighted by atomic mass is 10.0. The molecule has 4 atom stereocenters. The maximum Gasteiger partial charge on any atom is 0.411 e. The fourth-order valence-corrected chi connectivity index (χ4v) is 8.64. The number of carboxylic acids is 2. The normalized spacial score (nSPS) is 19.1. The van der Waals surface area contributed by atoms with Gasteiger partial charge in [0, 0.05) is 24.2 Å². The first-order chi connectivity index (χ1) is 26.3. The molecule has 4 heterocycles. The second-order valence-corrected chi connectivity index (χ2v) is 16.0. The molecular formula is C29H32N10O14S3. The lowest BCUT2D eigenvalue weighted by Gasteiger charge is -2.49. The van der Waals surface area contributed by atoms with Crippen molar-refractivity contribution < 1.29 is 56.9 Å². The number of thioether (sulfide) groups is 2. The van der Waals surface area contributed by atoms with Crippen molar-refractivity contribution in [1.29, 1.82) is 0 Å². The highest BCUT2D eigenvalue weighted by atomic mass is 32.2. The first-order valence-electron chi connectivity index (χ1n) is 15.9. The summed E-state index contributed by atoms with van der Waals surface area (Å²) in [7, 11) is -2.72. The summed E-state index contributed by atoms with van der Waals surface area (Å²) >= 11 is 2.06.